The van der Waals surface area contributed by atoms with Crippen LogP contribution in [-0.2, 0) is 32.6 Å². The minimum absolute atomic E-state index is 0.145. The highest BCUT2D eigenvalue weighted by atomic mass is 79.9. The van der Waals surface area contributed by atoms with E-state index in [1.807, 2.05) is 82.3 Å². The topological polar surface area (TPSA) is 86.8 Å². The van der Waals surface area contributed by atoms with Crippen LogP contribution in [0.1, 0.15) is 37.5 Å². The van der Waals surface area contributed by atoms with Crippen LogP contribution >= 0.6 is 15.9 Å². The average Bonchev–Trinajstić information content (AvgIpc) is 2.85. The van der Waals surface area contributed by atoms with Crippen molar-refractivity contribution in [3.05, 3.63) is 100 Å². The van der Waals surface area contributed by atoms with Crippen LogP contribution in [0, 0.1) is 6.92 Å². The number of rotatable bonds is 10. The first-order valence-corrected chi connectivity index (χ1v) is 15.3. The number of sulfonamides is 1. The monoisotopic (exact) mass is 613 g/mol. The summed E-state index contributed by atoms with van der Waals surface area (Å²) in [5.74, 6) is -0.782. The van der Waals surface area contributed by atoms with Gasteiger partial charge in [0.05, 0.1) is 11.9 Å². The maximum atomic E-state index is 14.0. The van der Waals surface area contributed by atoms with E-state index in [4.69, 9.17) is 0 Å². The second-order valence-electron chi connectivity index (χ2n) is 10.7. The van der Waals surface area contributed by atoms with E-state index in [1.165, 1.54) is 4.90 Å². The first kappa shape index (κ1) is 30.4. The third kappa shape index (κ3) is 9.21. The number of carbonyl (C=O) groups excluding carboxylic acids is 2. The molecule has 9 heteroatoms. The van der Waals surface area contributed by atoms with Gasteiger partial charge in [0, 0.05) is 23.0 Å². The number of halogens is 1. The summed E-state index contributed by atoms with van der Waals surface area (Å²) in [5, 5.41) is 3.02. The molecule has 0 radical (unpaired) electrons. The van der Waals surface area contributed by atoms with E-state index in [2.05, 4.69) is 21.2 Å². The minimum atomic E-state index is -3.80. The van der Waals surface area contributed by atoms with Gasteiger partial charge in [0.15, 0.2) is 0 Å². The van der Waals surface area contributed by atoms with Gasteiger partial charge in [-0.3, -0.25) is 13.9 Å². The fourth-order valence-electron chi connectivity index (χ4n) is 4.12. The lowest BCUT2D eigenvalue weighted by Gasteiger charge is -2.35. The van der Waals surface area contributed by atoms with Gasteiger partial charge in [0.1, 0.15) is 12.6 Å². The molecule has 0 spiro atoms. The van der Waals surface area contributed by atoms with E-state index in [1.54, 1.807) is 24.3 Å². The molecule has 3 rings (SSSR count). The second kappa shape index (κ2) is 12.8. The normalized spacial score (nSPS) is 12.5. The number of amides is 2. The van der Waals surface area contributed by atoms with Gasteiger partial charge in [-0.15, -0.1) is 0 Å². The van der Waals surface area contributed by atoms with Gasteiger partial charge in [0.25, 0.3) is 0 Å². The predicted molar refractivity (Wildman–Crippen MR) is 160 cm³/mol. The van der Waals surface area contributed by atoms with Crippen LogP contribution in [0.3, 0.4) is 0 Å². The predicted octanol–water partition coefficient (Wildman–Crippen LogP) is 5.08. The zero-order chi connectivity index (χ0) is 28.8. The molecular weight excluding hydrogens is 578 g/mol. The Morgan fingerprint density at radius 2 is 1.49 bits per heavy atom. The number of hydrogen-bond acceptors (Lipinski definition) is 4. The van der Waals surface area contributed by atoms with Crippen LogP contribution in [-0.4, -0.2) is 49.5 Å². The Kier molecular flexibility index (Phi) is 9.96. The van der Waals surface area contributed by atoms with E-state index >= 15 is 0 Å². The molecule has 0 aromatic heterocycles. The minimum Gasteiger partial charge on any atom is -0.350 e. The zero-order valence-corrected chi connectivity index (χ0v) is 25.4. The third-order valence-corrected chi connectivity index (χ3v) is 7.71. The van der Waals surface area contributed by atoms with Crippen LogP contribution in [0.2, 0.25) is 0 Å². The van der Waals surface area contributed by atoms with Gasteiger partial charge in [-0.25, -0.2) is 8.42 Å². The van der Waals surface area contributed by atoms with Crippen LogP contribution < -0.4 is 9.62 Å². The molecule has 3 aromatic carbocycles. The van der Waals surface area contributed by atoms with Gasteiger partial charge in [-0.1, -0.05) is 76.1 Å². The SMILES string of the molecule is Cc1ccc(CN(C(=O)CN(c2ccc(Br)cc2)S(C)(=O)=O)[C@H](Cc2ccccc2)C(=O)NC(C)(C)C)cc1. The molecule has 3 aromatic rings. The van der Waals surface area contributed by atoms with Crippen LogP contribution in [0.4, 0.5) is 5.69 Å². The molecule has 1 N–H and O–H groups in total. The standard InChI is InChI=1S/C30H36BrN3O4S/c1-22-11-13-24(14-12-22)20-33(27(29(36)32-30(2,3)4)19-23-9-7-6-8-10-23)28(35)21-34(39(5,37)38)26-17-15-25(31)16-18-26/h6-18,27H,19-21H2,1-5H3,(H,32,36)/t27-/m1/s1. The molecule has 208 valence electrons. The van der Waals surface area contributed by atoms with E-state index in [9.17, 15) is 18.0 Å². The van der Waals surface area contributed by atoms with Crippen molar-refractivity contribution >= 4 is 43.5 Å². The van der Waals surface area contributed by atoms with Gasteiger partial charge >= 0.3 is 0 Å². The van der Waals surface area contributed by atoms with E-state index in [0.29, 0.717) is 5.69 Å². The van der Waals surface area contributed by atoms with Crippen molar-refractivity contribution in [3.63, 3.8) is 0 Å². The molecule has 7 nitrogen and oxygen atoms in total. The van der Waals surface area contributed by atoms with E-state index in [-0.39, 0.29) is 18.9 Å². The molecule has 0 aliphatic carbocycles. The largest absolute Gasteiger partial charge is 0.350 e. The molecule has 0 bridgehead atoms. The lowest BCUT2D eigenvalue weighted by molar-refractivity contribution is -0.140. The van der Waals surface area contributed by atoms with Crippen molar-refractivity contribution in [1.29, 1.82) is 0 Å². The second-order valence-corrected chi connectivity index (χ2v) is 13.5. The summed E-state index contributed by atoms with van der Waals surface area (Å²) >= 11 is 3.36. The summed E-state index contributed by atoms with van der Waals surface area (Å²) in [6.45, 7) is 7.33. The summed E-state index contributed by atoms with van der Waals surface area (Å²) < 4.78 is 27.5. The van der Waals surface area contributed by atoms with E-state index < -0.39 is 34.1 Å². The Labute approximate surface area is 240 Å². The molecule has 0 heterocycles. The number of anilines is 1. The van der Waals surface area contributed by atoms with Crippen molar-refractivity contribution < 1.29 is 18.0 Å². The first-order valence-electron chi connectivity index (χ1n) is 12.7. The summed E-state index contributed by atoms with van der Waals surface area (Å²) in [4.78, 5) is 29.2. The lowest BCUT2D eigenvalue weighted by Crippen LogP contribution is -2.56. The maximum Gasteiger partial charge on any atom is 0.244 e. The Morgan fingerprint density at radius 3 is 2.03 bits per heavy atom. The zero-order valence-electron chi connectivity index (χ0n) is 23.0. The highest BCUT2D eigenvalue weighted by Gasteiger charge is 2.34. The number of benzene rings is 3. The fourth-order valence-corrected chi connectivity index (χ4v) is 5.23. The molecule has 0 aliphatic rings. The number of nitrogens with zero attached hydrogens (tertiary/aromatic N) is 2. The number of carbonyl (C=O) groups is 2. The van der Waals surface area contributed by atoms with Crippen LogP contribution in [0.25, 0.3) is 0 Å². The van der Waals surface area contributed by atoms with Gasteiger partial charge in [-0.05, 0) is 63.1 Å². The molecule has 1 atom stereocenters. The quantitative estimate of drug-likeness (QED) is 0.345. The van der Waals surface area contributed by atoms with Gasteiger partial charge in [-0.2, -0.15) is 0 Å². The first-order chi connectivity index (χ1) is 18.2. The Balaban J connectivity index is 2.06. The molecular formula is C30H36BrN3O4S. The lowest BCUT2D eigenvalue weighted by atomic mass is 10.0. The van der Waals surface area contributed by atoms with Crippen LogP contribution in [0.5, 0.6) is 0 Å². The van der Waals surface area contributed by atoms with Crippen molar-refractivity contribution in [3.8, 4) is 0 Å². The highest BCUT2D eigenvalue weighted by Crippen LogP contribution is 2.23. The van der Waals surface area contributed by atoms with Crippen molar-refractivity contribution in [2.45, 2.75) is 52.2 Å². The Hall–Kier alpha value is -3.17. The average molecular weight is 615 g/mol. The molecule has 0 aliphatic heterocycles. The van der Waals surface area contributed by atoms with Crippen LogP contribution in [0.15, 0.2) is 83.3 Å². The number of nitrogens with one attached hydrogen (secondary N) is 1. The Bertz CT molecular complexity index is 1370. The van der Waals surface area contributed by atoms with Crippen molar-refractivity contribution in [2.75, 3.05) is 17.1 Å². The summed E-state index contributed by atoms with van der Waals surface area (Å²) in [6.07, 6.45) is 1.35. The molecule has 0 saturated heterocycles. The number of aryl methyl sites for hydroxylation is 1. The van der Waals surface area contributed by atoms with E-state index in [0.717, 1.165) is 31.7 Å². The number of hydrogen-bond donors (Lipinski definition) is 1. The van der Waals surface area contributed by atoms with Gasteiger partial charge < -0.3 is 10.2 Å². The Morgan fingerprint density at radius 1 is 0.897 bits per heavy atom. The smallest absolute Gasteiger partial charge is 0.244 e. The molecule has 0 unspecified atom stereocenters. The summed E-state index contributed by atoms with van der Waals surface area (Å²) in [6, 6.07) is 23.1. The molecule has 2 amide bonds. The van der Waals surface area contributed by atoms with Crippen molar-refractivity contribution in [1.82, 2.24) is 10.2 Å². The highest BCUT2D eigenvalue weighted by molar-refractivity contribution is 9.10. The molecule has 0 fully saturated rings. The summed E-state index contributed by atoms with van der Waals surface area (Å²) in [7, 11) is -3.80. The molecule has 0 saturated carbocycles. The molecule has 39 heavy (non-hydrogen) atoms. The summed E-state index contributed by atoms with van der Waals surface area (Å²) in [5.41, 5.74) is 2.64. The maximum absolute atomic E-state index is 14.0. The fraction of sp³-hybridized carbons (Fsp3) is 0.333. The van der Waals surface area contributed by atoms with Gasteiger partial charge in [0.2, 0.25) is 21.8 Å². The third-order valence-electron chi connectivity index (χ3n) is 6.04. The van der Waals surface area contributed by atoms with Crippen molar-refractivity contribution in [2.24, 2.45) is 0 Å².